The van der Waals surface area contributed by atoms with Gasteiger partial charge in [0, 0.05) is 25.2 Å². The smallest absolute Gasteiger partial charge is 0.303 e. The van der Waals surface area contributed by atoms with E-state index in [-0.39, 0.29) is 12.0 Å². The van der Waals surface area contributed by atoms with Gasteiger partial charge in [-0.15, -0.1) is 0 Å². The molecule has 88 valence electrons. The largest absolute Gasteiger partial charge is 0.481 e. The van der Waals surface area contributed by atoms with Crippen molar-refractivity contribution in [2.24, 2.45) is 5.92 Å². The first kappa shape index (κ1) is 12.5. The quantitative estimate of drug-likeness (QED) is 0.823. The van der Waals surface area contributed by atoms with Gasteiger partial charge >= 0.3 is 5.97 Å². The van der Waals surface area contributed by atoms with Gasteiger partial charge in [0.05, 0.1) is 0 Å². The van der Waals surface area contributed by atoms with E-state index in [2.05, 4.69) is 0 Å². The van der Waals surface area contributed by atoms with Crippen LogP contribution in [0.25, 0.3) is 0 Å². The van der Waals surface area contributed by atoms with Gasteiger partial charge in [-0.3, -0.25) is 9.59 Å². The van der Waals surface area contributed by atoms with Crippen LogP contribution < -0.4 is 5.56 Å². The van der Waals surface area contributed by atoms with Crippen molar-refractivity contribution < 1.29 is 9.90 Å². The lowest BCUT2D eigenvalue weighted by Gasteiger charge is -2.09. The second kappa shape index (κ2) is 5.49. The van der Waals surface area contributed by atoms with Crippen LogP contribution in [0.1, 0.15) is 25.8 Å². The number of pyridine rings is 1. The molecule has 0 saturated heterocycles. The topological polar surface area (TPSA) is 59.3 Å². The number of hydrogen-bond acceptors (Lipinski definition) is 2. The maximum atomic E-state index is 11.5. The van der Waals surface area contributed by atoms with Crippen LogP contribution in [0.5, 0.6) is 0 Å². The van der Waals surface area contributed by atoms with E-state index < -0.39 is 5.97 Å². The second-order valence-corrected chi connectivity index (χ2v) is 4.32. The fourth-order valence-corrected chi connectivity index (χ4v) is 1.52. The van der Waals surface area contributed by atoms with E-state index >= 15 is 0 Å². The van der Waals surface area contributed by atoms with Crippen molar-refractivity contribution >= 4 is 5.97 Å². The molecule has 1 aromatic heterocycles. The zero-order chi connectivity index (χ0) is 12.1. The van der Waals surface area contributed by atoms with Gasteiger partial charge < -0.3 is 9.67 Å². The molecule has 0 amide bonds. The van der Waals surface area contributed by atoms with Gasteiger partial charge in [0.1, 0.15) is 0 Å². The maximum Gasteiger partial charge on any atom is 0.303 e. The first-order valence-electron chi connectivity index (χ1n) is 5.40. The van der Waals surface area contributed by atoms with Crippen LogP contribution in [0, 0.1) is 5.92 Å². The molecule has 0 atom stereocenters. The van der Waals surface area contributed by atoms with Gasteiger partial charge in [0.15, 0.2) is 0 Å². The van der Waals surface area contributed by atoms with Crippen molar-refractivity contribution in [1.82, 2.24) is 4.57 Å². The summed E-state index contributed by atoms with van der Waals surface area (Å²) in [6.45, 7) is 4.74. The SMILES string of the molecule is CC(C)Cn1cc(CCC(=O)O)ccc1=O. The Bertz CT molecular complexity index is 421. The number of hydrogen-bond donors (Lipinski definition) is 1. The molecular formula is C12H17NO3. The normalized spacial score (nSPS) is 10.7. The van der Waals surface area contributed by atoms with Gasteiger partial charge in [-0.05, 0) is 17.9 Å². The molecule has 0 radical (unpaired) electrons. The highest BCUT2D eigenvalue weighted by molar-refractivity contribution is 5.67. The predicted octanol–water partition coefficient (Wildman–Crippen LogP) is 1.52. The Hall–Kier alpha value is -1.58. The molecule has 0 aromatic carbocycles. The number of carbonyl (C=O) groups is 1. The monoisotopic (exact) mass is 223 g/mol. The molecular weight excluding hydrogens is 206 g/mol. The highest BCUT2D eigenvalue weighted by Crippen LogP contribution is 2.03. The summed E-state index contributed by atoms with van der Waals surface area (Å²) in [7, 11) is 0. The molecule has 1 heterocycles. The van der Waals surface area contributed by atoms with Crippen LogP contribution in [-0.2, 0) is 17.8 Å². The third-order valence-electron chi connectivity index (χ3n) is 2.23. The summed E-state index contributed by atoms with van der Waals surface area (Å²) in [5.74, 6) is -0.422. The summed E-state index contributed by atoms with van der Waals surface area (Å²) in [6, 6.07) is 3.20. The lowest BCUT2D eigenvalue weighted by atomic mass is 10.1. The molecule has 16 heavy (non-hydrogen) atoms. The average molecular weight is 223 g/mol. The minimum atomic E-state index is -0.818. The van der Waals surface area contributed by atoms with Gasteiger partial charge in [0.25, 0.3) is 5.56 Å². The first-order valence-corrected chi connectivity index (χ1v) is 5.40. The van der Waals surface area contributed by atoms with Crippen LogP contribution in [-0.4, -0.2) is 15.6 Å². The highest BCUT2D eigenvalue weighted by Gasteiger charge is 2.03. The van der Waals surface area contributed by atoms with Crippen LogP contribution in [0.4, 0.5) is 0 Å². The number of aryl methyl sites for hydroxylation is 1. The standard InChI is InChI=1S/C12H17NO3/c1-9(2)7-13-8-10(3-5-11(13)14)4-6-12(15)16/h3,5,8-9H,4,6-7H2,1-2H3,(H,15,16). The Balaban J connectivity index is 2.81. The summed E-state index contributed by atoms with van der Waals surface area (Å²) >= 11 is 0. The van der Waals surface area contributed by atoms with Crippen molar-refractivity contribution in [3.63, 3.8) is 0 Å². The zero-order valence-corrected chi connectivity index (χ0v) is 9.64. The van der Waals surface area contributed by atoms with Gasteiger partial charge in [0.2, 0.25) is 0 Å². The second-order valence-electron chi connectivity index (χ2n) is 4.32. The molecule has 0 unspecified atom stereocenters. The Morgan fingerprint density at radius 1 is 1.44 bits per heavy atom. The summed E-state index contributed by atoms with van der Waals surface area (Å²) in [4.78, 5) is 21.9. The molecule has 0 aliphatic heterocycles. The molecule has 1 aromatic rings. The number of nitrogens with zero attached hydrogens (tertiary/aromatic N) is 1. The summed E-state index contributed by atoms with van der Waals surface area (Å²) in [5, 5.41) is 8.58. The predicted molar refractivity (Wildman–Crippen MR) is 61.5 cm³/mol. The van der Waals surface area contributed by atoms with Crippen molar-refractivity contribution in [2.75, 3.05) is 0 Å². The molecule has 1 N–H and O–H groups in total. The number of carboxylic acids is 1. The van der Waals surface area contributed by atoms with Crippen molar-refractivity contribution in [3.05, 3.63) is 34.2 Å². The van der Waals surface area contributed by atoms with Gasteiger partial charge in [-0.1, -0.05) is 19.9 Å². The van der Waals surface area contributed by atoms with Crippen LogP contribution in [0.2, 0.25) is 0 Å². The zero-order valence-electron chi connectivity index (χ0n) is 9.64. The van der Waals surface area contributed by atoms with Crippen molar-refractivity contribution in [1.29, 1.82) is 0 Å². The molecule has 0 spiro atoms. The van der Waals surface area contributed by atoms with Crippen LogP contribution in [0.15, 0.2) is 23.1 Å². The Labute approximate surface area is 94.5 Å². The molecule has 0 aliphatic rings. The van der Waals surface area contributed by atoms with Crippen molar-refractivity contribution in [2.45, 2.75) is 33.2 Å². The van der Waals surface area contributed by atoms with Crippen molar-refractivity contribution in [3.8, 4) is 0 Å². The van der Waals surface area contributed by atoms with E-state index in [1.807, 2.05) is 13.8 Å². The van der Waals surface area contributed by atoms with Gasteiger partial charge in [-0.25, -0.2) is 0 Å². The third kappa shape index (κ3) is 3.88. The fourth-order valence-electron chi connectivity index (χ4n) is 1.52. The molecule has 1 rings (SSSR count). The number of aliphatic carboxylic acids is 1. The lowest BCUT2D eigenvalue weighted by Crippen LogP contribution is -2.21. The molecule has 0 fully saturated rings. The Morgan fingerprint density at radius 3 is 2.69 bits per heavy atom. The van der Waals surface area contributed by atoms with E-state index in [1.165, 1.54) is 6.07 Å². The lowest BCUT2D eigenvalue weighted by molar-refractivity contribution is -0.136. The Morgan fingerprint density at radius 2 is 2.12 bits per heavy atom. The third-order valence-corrected chi connectivity index (χ3v) is 2.23. The van der Waals surface area contributed by atoms with E-state index in [9.17, 15) is 9.59 Å². The molecule has 4 nitrogen and oxygen atoms in total. The molecule has 4 heteroatoms. The van der Waals surface area contributed by atoms with Crippen LogP contribution >= 0.6 is 0 Å². The summed E-state index contributed by atoms with van der Waals surface area (Å²) in [6.07, 6.45) is 2.32. The highest BCUT2D eigenvalue weighted by atomic mass is 16.4. The number of carboxylic acid groups (broad SMARTS) is 1. The van der Waals surface area contributed by atoms with Crippen LogP contribution in [0.3, 0.4) is 0 Å². The minimum Gasteiger partial charge on any atom is -0.481 e. The molecule has 0 bridgehead atoms. The number of rotatable bonds is 5. The maximum absolute atomic E-state index is 11.5. The molecule has 0 saturated carbocycles. The van der Waals surface area contributed by atoms with E-state index in [0.717, 1.165) is 5.56 Å². The van der Waals surface area contributed by atoms with E-state index in [0.29, 0.717) is 18.9 Å². The van der Waals surface area contributed by atoms with Gasteiger partial charge in [-0.2, -0.15) is 0 Å². The number of aromatic nitrogens is 1. The molecule has 0 aliphatic carbocycles. The Kier molecular flexibility index (Phi) is 4.28. The van der Waals surface area contributed by atoms with E-state index in [4.69, 9.17) is 5.11 Å². The fraction of sp³-hybridized carbons (Fsp3) is 0.500. The van der Waals surface area contributed by atoms with E-state index in [1.54, 1.807) is 16.8 Å². The minimum absolute atomic E-state index is 0.0345. The summed E-state index contributed by atoms with van der Waals surface area (Å²) in [5.41, 5.74) is 0.857. The first-order chi connectivity index (χ1) is 7.49. The summed E-state index contributed by atoms with van der Waals surface area (Å²) < 4.78 is 1.64. The average Bonchev–Trinajstić information content (AvgIpc) is 2.18.